The van der Waals surface area contributed by atoms with Gasteiger partial charge in [0.05, 0.1) is 0 Å². The average Bonchev–Trinajstić information content (AvgIpc) is 1.97. The average molecular weight is 177 g/mol. The maximum absolute atomic E-state index is 5.33. The van der Waals surface area contributed by atoms with Gasteiger partial charge < -0.3 is 0 Å². The van der Waals surface area contributed by atoms with Crippen molar-refractivity contribution in [2.24, 2.45) is 0 Å². The Hall–Kier alpha value is 0.520. The molecule has 60 valence electrons. The molecule has 0 atom stereocenters. The fourth-order valence-electron chi connectivity index (χ4n) is 0.781. The molecule has 0 rings (SSSR count). The Labute approximate surface area is 70.8 Å². The van der Waals surface area contributed by atoms with Gasteiger partial charge in [0.25, 0.3) is 0 Å². The summed E-state index contributed by atoms with van der Waals surface area (Å²) in [6, 6.07) is 0. The normalized spacial score (nSPS) is 9.80. The predicted molar refractivity (Wildman–Crippen MR) is 53.8 cm³/mol. The minimum atomic E-state index is -0.00900. The monoisotopic (exact) mass is 177 g/mol. The Bertz CT molecular complexity index is 81.3. The highest BCUT2D eigenvalue weighted by Crippen LogP contribution is 2.23. The summed E-state index contributed by atoms with van der Waals surface area (Å²) in [5, 5.41) is 0. The molecular weight excluding hydrogens is 159 g/mol. The van der Waals surface area contributed by atoms with E-state index in [1.807, 2.05) is 0 Å². The number of hydrogen-bond donors (Lipinski definition) is 0. The second-order valence-corrected chi connectivity index (χ2v) is 6.04. The van der Waals surface area contributed by atoms with Crippen molar-refractivity contribution in [1.82, 2.24) is 0 Å². The molecule has 0 N–H and O–H groups in total. The summed E-state index contributed by atoms with van der Waals surface area (Å²) < 4.78 is 0. The van der Waals surface area contributed by atoms with E-state index in [0.717, 1.165) is 0 Å². The van der Waals surface area contributed by atoms with Crippen LogP contribution < -0.4 is 0 Å². The third-order valence-corrected chi connectivity index (χ3v) is 4.25. The van der Waals surface area contributed by atoms with Gasteiger partial charge >= 0.3 is 0 Å². The maximum atomic E-state index is 5.33. The van der Waals surface area contributed by atoms with Crippen molar-refractivity contribution in [3.05, 3.63) is 0 Å². The fraction of sp³-hybridized carbons (Fsp3) is 1.00. The summed E-state index contributed by atoms with van der Waals surface area (Å²) in [4.78, 5) is 0. The van der Waals surface area contributed by atoms with E-state index in [-0.39, 0.29) is 6.70 Å². The summed E-state index contributed by atoms with van der Waals surface area (Å²) >= 11 is 5.33. The van der Waals surface area contributed by atoms with Crippen molar-refractivity contribution >= 4 is 18.5 Å². The maximum Gasteiger partial charge on any atom is 0.175 e. The molecule has 0 nitrogen and oxygen atoms in total. The van der Waals surface area contributed by atoms with E-state index in [0.29, 0.717) is 0 Å². The first-order chi connectivity index (χ1) is 4.81. The van der Waals surface area contributed by atoms with Crippen molar-refractivity contribution in [3.8, 4) is 0 Å². The van der Waals surface area contributed by atoms with E-state index in [2.05, 4.69) is 13.8 Å². The van der Waals surface area contributed by atoms with Crippen LogP contribution in [0.15, 0.2) is 0 Å². The smallest absolute Gasteiger partial charge is 0.0652 e. The Balaban J connectivity index is 3.09. The third-order valence-electron chi connectivity index (χ3n) is 1.52. The van der Waals surface area contributed by atoms with E-state index in [9.17, 15) is 0 Å². The molecule has 0 saturated heterocycles. The third kappa shape index (κ3) is 6.64. The highest BCUT2D eigenvalue weighted by atomic mass is 32.4. The van der Waals surface area contributed by atoms with Crippen LogP contribution in [0.4, 0.5) is 0 Å². The predicted octanol–water partition coefficient (Wildman–Crippen LogP) is 3.53. The second kappa shape index (κ2) is 7.63. The van der Waals surface area contributed by atoms with Gasteiger partial charge in [0.15, 0.2) is 18.5 Å². The summed E-state index contributed by atoms with van der Waals surface area (Å²) in [5.74, 6) is 0. The molecule has 0 aromatic carbocycles. The molecule has 10 heavy (non-hydrogen) atoms. The van der Waals surface area contributed by atoms with Crippen LogP contribution in [0.3, 0.4) is 0 Å². The topological polar surface area (TPSA) is 0 Å². The lowest BCUT2D eigenvalue weighted by molar-refractivity contribution is 0.873. The molecule has 2 heteroatoms. The number of rotatable bonds is 6. The van der Waals surface area contributed by atoms with Gasteiger partial charge in [-0.25, -0.2) is 0 Å². The minimum absolute atomic E-state index is 0.00900. The van der Waals surface area contributed by atoms with Crippen LogP contribution >= 0.6 is 6.70 Å². The first kappa shape index (κ1) is 10.5. The highest BCUT2D eigenvalue weighted by Gasteiger charge is 2.05. The van der Waals surface area contributed by atoms with Crippen LogP contribution in [-0.4, -0.2) is 12.3 Å². The van der Waals surface area contributed by atoms with Crippen LogP contribution in [-0.2, 0) is 11.8 Å². The molecule has 0 amide bonds. The van der Waals surface area contributed by atoms with E-state index < -0.39 is 0 Å². The Morgan fingerprint density at radius 2 is 1.40 bits per heavy atom. The van der Waals surface area contributed by atoms with E-state index in [4.69, 9.17) is 11.8 Å². The minimum Gasteiger partial charge on any atom is -0.0652 e. The zero-order valence-corrected chi connectivity index (χ0v) is 8.81. The Kier molecular flexibility index (Phi) is 8.02. The van der Waals surface area contributed by atoms with Crippen LogP contribution in [0.1, 0.15) is 39.5 Å². The summed E-state index contributed by atoms with van der Waals surface area (Å²) in [5.41, 5.74) is 0. The molecule has 0 radical (unpaired) electrons. The fourth-order valence-corrected chi connectivity index (χ4v) is 3.12. The van der Waals surface area contributed by atoms with Gasteiger partial charge in [-0.15, -0.1) is 0 Å². The first-order valence-electron chi connectivity index (χ1n) is 4.23. The van der Waals surface area contributed by atoms with Gasteiger partial charge in [-0.2, -0.15) is 0 Å². The number of hydrogen-bond acceptors (Lipinski definition) is 1. The second-order valence-electron chi connectivity index (χ2n) is 2.64. The lowest BCUT2D eigenvalue weighted by atomic mass is 10.4. The van der Waals surface area contributed by atoms with Gasteiger partial charge in [-0.3, -0.25) is 0 Å². The van der Waals surface area contributed by atoms with E-state index >= 15 is 0 Å². The SMILES string of the molecule is CCCC[P+](=S)CCCC. The first-order valence-corrected chi connectivity index (χ1v) is 6.95. The molecular formula is C8H18PS+. The van der Waals surface area contributed by atoms with Crippen molar-refractivity contribution in [2.45, 2.75) is 39.5 Å². The molecule has 0 unspecified atom stereocenters. The molecule has 0 aliphatic carbocycles. The largest absolute Gasteiger partial charge is 0.175 e. The van der Waals surface area contributed by atoms with Crippen molar-refractivity contribution in [3.63, 3.8) is 0 Å². The van der Waals surface area contributed by atoms with Gasteiger partial charge in [-0.1, -0.05) is 26.7 Å². The van der Waals surface area contributed by atoms with Crippen LogP contribution in [0.25, 0.3) is 0 Å². The molecule has 0 heterocycles. The van der Waals surface area contributed by atoms with Gasteiger partial charge in [0, 0.05) is 0 Å². The zero-order chi connectivity index (χ0) is 7.82. The molecule has 0 aliphatic heterocycles. The molecule has 0 bridgehead atoms. The van der Waals surface area contributed by atoms with E-state index in [1.54, 1.807) is 0 Å². The number of unbranched alkanes of at least 4 members (excludes halogenated alkanes) is 2. The molecule has 0 aliphatic rings. The van der Waals surface area contributed by atoms with Gasteiger partial charge in [0.2, 0.25) is 0 Å². The quantitative estimate of drug-likeness (QED) is 0.559. The molecule has 0 spiro atoms. The summed E-state index contributed by atoms with van der Waals surface area (Å²) in [6.07, 6.45) is 7.95. The summed E-state index contributed by atoms with van der Waals surface area (Å²) in [7, 11) is 0. The lowest BCUT2D eigenvalue weighted by Gasteiger charge is -1.89. The Morgan fingerprint density at radius 3 is 1.70 bits per heavy atom. The van der Waals surface area contributed by atoms with Gasteiger partial charge in [0.1, 0.15) is 12.3 Å². The van der Waals surface area contributed by atoms with Crippen molar-refractivity contribution in [1.29, 1.82) is 0 Å². The molecule has 0 saturated carbocycles. The molecule has 0 aromatic rings. The molecule has 0 fully saturated rings. The highest BCUT2D eigenvalue weighted by molar-refractivity contribution is 8.05. The standard InChI is InChI=1S/C8H18PS/c1-3-5-7-9(10)8-6-4-2/h3-8H2,1-2H3/q+1. The van der Waals surface area contributed by atoms with Crippen molar-refractivity contribution < 1.29 is 0 Å². The Morgan fingerprint density at radius 1 is 1.00 bits per heavy atom. The summed E-state index contributed by atoms with van der Waals surface area (Å²) in [6.45, 7) is 4.46. The van der Waals surface area contributed by atoms with Gasteiger partial charge in [-0.05, 0) is 12.8 Å². The van der Waals surface area contributed by atoms with Crippen LogP contribution in [0.5, 0.6) is 0 Å². The zero-order valence-electron chi connectivity index (χ0n) is 7.10. The molecule has 0 aromatic heterocycles. The van der Waals surface area contributed by atoms with Crippen LogP contribution in [0.2, 0.25) is 0 Å². The van der Waals surface area contributed by atoms with E-state index in [1.165, 1.54) is 38.0 Å². The van der Waals surface area contributed by atoms with Crippen molar-refractivity contribution in [2.75, 3.05) is 12.3 Å². The lowest BCUT2D eigenvalue weighted by Crippen LogP contribution is -1.82. The van der Waals surface area contributed by atoms with Crippen LogP contribution in [0, 0.1) is 0 Å².